The van der Waals surface area contributed by atoms with Gasteiger partial charge < -0.3 is 4.90 Å². The fourth-order valence-electron chi connectivity index (χ4n) is 5.39. The number of thioether (sulfide) groups is 1. The Labute approximate surface area is 262 Å². The molecule has 0 saturated heterocycles. The molecule has 0 aromatic heterocycles. The molecule has 3 aromatic carbocycles. The van der Waals surface area contributed by atoms with Gasteiger partial charge in [0.15, 0.2) is 5.88 Å². The van der Waals surface area contributed by atoms with Gasteiger partial charge in [-0.1, -0.05) is 131 Å². The van der Waals surface area contributed by atoms with E-state index in [1.165, 1.54) is 66.4 Å². The highest BCUT2D eigenvalue weighted by Crippen LogP contribution is 2.49. The molecule has 0 fully saturated rings. The molecule has 1 aliphatic rings. The van der Waals surface area contributed by atoms with Crippen molar-refractivity contribution < 1.29 is 0 Å². The smallest absolute Gasteiger partial charge is 0.169 e. The molecular formula is C40H53NS. The standard InChI is InChI=1S/C40H53NS/c1-25-16-34(28-18-30(37(4,5)6)22-31(19-28)38(7,8)9)36(41-24-42-27(3)26(41)2)35(17-25)29-20-32(39(10,11)12)23-33(21-29)40(13,14)15/h16-23H,1-15H3. The van der Waals surface area contributed by atoms with Crippen LogP contribution < -0.4 is 4.90 Å². The van der Waals surface area contributed by atoms with Crippen LogP contribution >= 0.6 is 11.8 Å². The molecule has 0 N–H and O–H groups in total. The quantitative estimate of drug-likeness (QED) is 0.304. The Bertz CT molecular complexity index is 1360. The van der Waals surface area contributed by atoms with E-state index in [0.717, 1.165) is 0 Å². The largest absolute Gasteiger partial charge is 0.322 e. The molecule has 42 heavy (non-hydrogen) atoms. The number of benzene rings is 3. The Morgan fingerprint density at radius 2 is 0.833 bits per heavy atom. The summed E-state index contributed by atoms with van der Waals surface area (Å²) in [7, 11) is 0. The number of hydrogen-bond donors (Lipinski definition) is 0. The van der Waals surface area contributed by atoms with Crippen molar-refractivity contribution in [1.82, 2.24) is 0 Å². The van der Waals surface area contributed by atoms with Gasteiger partial charge in [0.2, 0.25) is 0 Å². The summed E-state index contributed by atoms with van der Waals surface area (Å²) in [4.78, 5) is 3.62. The molecule has 3 aromatic rings. The summed E-state index contributed by atoms with van der Waals surface area (Å²) in [6, 6.07) is 19.3. The zero-order chi connectivity index (χ0) is 31.6. The van der Waals surface area contributed by atoms with Crippen LogP contribution in [0.25, 0.3) is 22.3 Å². The van der Waals surface area contributed by atoms with Crippen LogP contribution in [-0.2, 0) is 21.7 Å². The molecule has 1 heterocycles. The predicted octanol–water partition coefficient (Wildman–Crippen LogP) is 12.3. The summed E-state index contributed by atoms with van der Waals surface area (Å²) in [5.41, 5.74) is 14.5. The van der Waals surface area contributed by atoms with Gasteiger partial charge in [-0.25, -0.2) is 0 Å². The highest BCUT2D eigenvalue weighted by atomic mass is 32.2. The Balaban J connectivity index is 2.16. The zero-order valence-corrected chi connectivity index (χ0v) is 29.8. The van der Waals surface area contributed by atoms with Gasteiger partial charge in [-0.2, -0.15) is 0 Å². The lowest BCUT2D eigenvalue weighted by Gasteiger charge is -2.30. The van der Waals surface area contributed by atoms with Crippen LogP contribution in [0.5, 0.6) is 0 Å². The SMILES string of the molecule is CC1=C(C)N(c2c(-c3cc(C(C)(C)C)cc(C(C)(C)C)c3)cc(C)cc2-c2cc(C(C)(C)C)cc(C(C)(C)C)c2)[C]S1. The van der Waals surface area contributed by atoms with E-state index in [-0.39, 0.29) is 21.7 Å². The average Bonchev–Trinajstić information content (AvgIpc) is 3.18. The molecule has 1 aliphatic heterocycles. The summed E-state index contributed by atoms with van der Waals surface area (Å²) < 4.78 is 0. The summed E-state index contributed by atoms with van der Waals surface area (Å²) >= 11 is 1.71. The molecule has 2 heteroatoms. The van der Waals surface area contributed by atoms with Crippen molar-refractivity contribution in [3.8, 4) is 22.3 Å². The molecule has 224 valence electrons. The minimum atomic E-state index is 0.0413. The third-order valence-electron chi connectivity index (χ3n) is 8.56. The molecule has 0 amide bonds. The number of hydrogen-bond acceptors (Lipinski definition) is 2. The fraction of sp³-hybridized carbons (Fsp3) is 0.475. The van der Waals surface area contributed by atoms with Gasteiger partial charge in [-0.3, -0.25) is 0 Å². The van der Waals surface area contributed by atoms with Crippen LogP contribution in [-0.4, -0.2) is 0 Å². The van der Waals surface area contributed by atoms with E-state index in [2.05, 4.69) is 163 Å². The maximum absolute atomic E-state index is 3.67. The van der Waals surface area contributed by atoms with Crippen molar-refractivity contribution >= 4 is 17.4 Å². The Morgan fingerprint density at radius 3 is 1.10 bits per heavy atom. The van der Waals surface area contributed by atoms with Crippen LogP contribution in [0.2, 0.25) is 0 Å². The van der Waals surface area contributed by atoms with Gasteiger partial charge in [0.25, 0.3) is 0 Å². The fourth-order valence-corrected chi connectivity index (χ4v) is 6.08. The first-order chi connectivity index (χ1) is 19.1. The van der Waals surface area contributed by atoms with Gasteiger partial charge in [0.05, 0.1) is 5.69 Å². The summed E-state index contributed by atoms with van der Waals surface area (Å²) in [5.74, 6) is 3.67. The zero-order valence-electron chi connectivity index (χ0n) is 29.0. The second kappa shape index (κ2) is 10.9. The van der Waals surface area contributed by atoms with Crippen LogP contribution in [0.3, 0.4) is 0 Å². The van der Waals surface area contributed by atoms with Crippen molar-refractivity contribution in [1.29, 1.82) is 0 Å². The maximum Gasteiger partial charge on any atom is 0.169 e. The van der Waals surface area contributed by atoms with Gasteiger partial charge in [-0.15, -0.1) is 0 Å². The lowest BCUT2D eigenvalue weighted by Crippen LogP contribution is -2.18. The highest BCUT2D eigenvalue weighted by Gasteiger charge is 2.29. The second-order valence-corrected chi connectivity index (χ2v) is 17.5. The number of nitrogens with zero attached hydrogens (tertiary/aromatic N) is 1. The third-order valence-corrected chi connectivity index (χ3v) is 9.44. The van der Waals surface area contributed by atoms with Crippen molar-refractivity contribution in [3.63, 3.8) is 0 Å². The molecule has 1 nitrogen and oxygen atoms in total. The minimum absolute atomic E-state index is 0.0413. The maximum atomic E-state index is 3.67. The molecule has 0 unspecified atom stereocenters. The summed E-state index contributed by atoms with van der Waals surface area (Å²) in [5, 5.41) is 0. The Hall–Kier alpha value is -2.45. The molecule has 0 saturated carbocycles. The number of rotatable bonds is 3. The van der Waals surface area contributed by atoms with E-state index in [1.807, 2.05) is 0 Å². The van der Waals surface area contributed by atoms with Crippen LogP contribution in [0.4, 0.5) is 5.69 Å². The first kappa shape index (κ1) is 32.5. The molecule has 0 aliphatic carbocycles. The first-order valence-electron chi connectivity index (χ1n) is 15.4. The van der Waals surface area contributed by atoms with Gasteiger partial charge in [0.1, 0.15) is 0 Å². The predicted molar refractivity (Wildman–Crippen MR) is 189 cm³/mol. The normalized spacial score (nSPS) is 15.2. The van der Waals surface area contributed by atoms with Gasteiger partial charge >= 0.3 is 0 Å². The van der Waals surface area contributed by atoms with Gasteiger partial charge in [0, 0.05) is 21.7 Å². The summed E-state index contributed by atoms with van der Waals surface area (Å²) in [6.45, 7) is 34.5. The topological polar surface area (TPSA) is 3.24 Å². The summed E-state index contributed by atoms with van der Waals surface area (Å²) in [6.07, 6.45) is 0. The Kier molecular flexibility index (Phi) is 8.44. The lowest BCUT2D eigenvalue weighted by molar-refractivity contribution is 0.568. The number of aryl methyl sites for hydroxylation is 1. The third kappa shape index (κ3) is 6.70. The van der Waals surface area contributed by atoms with E-state index >= 15 is 0 Å². The van der Waals surface area contributed by atoms with Crippen LogP contribution in [0.1, 0.15) is 125 Å². The molecule has 0 spiro atoms. The molecule has 4 rings (SSSR count). The van der Waals surface area contributed by atoms with Crippen molar-refractivity contribution in [2.45, 2.75) is 126 Å². The first-order valence-corrected chi connectivity index (χ1v) is 16.3. The minimum Gasteiger partial charge on any atom is -0.322 e. The van der Waals surface area contributed by atoms with Gasteiger partial charge in [-0.05, 0) is 93.5 Å². The van der Waals surface area contributed by atoms with E-state index in [0.29, 0.717) is 0 Å². The van der Waals surface area contributed by atoms with E-state index < -0.39 is 0 Å². The molecule has 0 bridgehead atoms. The van der Waals surface area contributed by atoms with Crippen LogP contribution in [0, 0.1) is 12.8 Å². The van der Waals surface area contributed by atoms with Crippen LogP contribution in [0.15, 0.2) is 59.1 Å². The highest BCUT2D eigenvalue weighted by molar-refractivity contribution is 8.05. The lowest BCUT2D eigenvalue weighted by atomic mass is 9.77. The van der Waals surface area contributed by atoms with E-state index in [4.69, 9.17) is 0 Å². The molecule has 2 radical (unpaired) electrons. The molecule has 0 atom stereocenters. The Morgan fingerprint density at radius 1 is 0.500 bits per heavy atom. The monoisotopic (exact) mass is 579 g/mol. The average molecular weight is 580 g/mol. The van der Waals surface area contributed by atoms with E-state index in [9.17, 15) is 0 Å². The van der Waals surface area contributed by atoms with Crippen molar-refractivity contribution in [2.24, 2.45) is 0 Å². The van der Waals surface area contributed by atoms with Crippen molar-refractivity contribution in [2.75, 3.05) is 4.90 Å². The van der Waals surface area contributed by atoms with Crippen molar-refractivity contribution in [3.05, 3.63) is 92.8 Å². The number of anilines is 1. The number of allylic oxidation sites excluding steroid dienone is 2. The van der Waals surface area contributed by atoms with E-state index in [1.54, 1.807) is 11.8 Å². The second-order valence-electron chi connectivity index (χ2n) is 16.5. The molecular weight excluding hydrogens is 527 g/mol.